The summed E-state index contributed by atoms with van der Waals surface area (Å²) < 4.78 is 31.2. The van der Waals surface area contributed by atoms with E-state index < -0.39 is 11.6 Å². The van der Waals surface area contributed by atoms with Crippen molar-refractivity contribution in [2.45, 2.75) is 19.9 Å². The molecule has 0 bridgehead atoms. The largest absolute Gasteiger partial charge is 0.463 e. The van der Waals surface area contributed by atoms with Gasteiger partial charge in [-0.1, -0.05) is 13.0 Å². The fourth-order valence-electron chi connectivity index (χ4n) is 1.50. The molecule has 0 saturated carbocycles. The van der Waals surface area contributed by atoms with Crippen LogP contribution in [-0.4, -0.2) is 21.6 Å². The van der Waals surface area contributed by atoms with Gasteiger partial charge in [0.05, 0.1) is 6.61 Å². The van der Waals surface area contributed by atoms with Gasteiger partial charge in [0, 0.05) is 6.54 Å². The second-order valence-electron chi connectivity index (χ2n) is 4.16. The summed E-state index contributed by atoms with van der Waals surface area (Å²) in [7, 11) is 0. The molecule has 8 heteroatoms. The molecule has 0 fully saturated rings. The number of anilines is 1. The van der Waals surface area contributed by atoms with Crippen LogP contribution in [0, 0.1) is 11.6 Å². The Hall–Kier alpha value is -2.02. The molecule has 0 saturated heterocycles. The van der Waals surface area contributed by atoms with E-state index in [1.165, 1.54) is 6.07 Å². The van der Waals surface area contributed by atoms with E-state index in [2.05, 4.69) is 20.3 Å². The van der Waals surface area contributed by atoms with Crippen molar-refractivity contribution in [1.82, 2.24) is 15.0 Å². The zero-order valence-electron chi connectivity index (χ0n) is 11.2. The van der Waals surface area contributed by atoms with Gasteiger partial charge in [0.1, 0.15) is 0 Å². The Balaban J connectivity index is 2.05. The zero-order valence-corrected chi connectivity index (χ0v) is 12.0. The third kappa shape index (κ3) is 4.49. The minimum absolute atomic E-state index is 0.0103. The van der Waals surface area contributed by atoms with E-state index in [0.717, 1.165) is 18.6 Å². The highest BCUT2D eigenvalue weighted by Gasteiger charge is 2.07. The molecule has 1 aromatic heterocycles. The van der Waals surface area contributed by atoms with E-state index in [0.29, 0.717) is 12.2 Å². The number of ether oxygens (including phenoxy) is 1. The molecule has 5 nitrogen and oxygen atoms in total. The minimum Gasteiger partial charge on any atom is -0.463 e. The minimum atomic E-state index is -0.907. The van der Waals surface area contributed by atoms with Gasteiger partial charge in [0.15, 0.2) is 11.6 Å². The summed E-state index contributed by atoms with van der Waals surface area (Å²) in [6, 6.07) is 3.73. The van der Waals surface area contributed by atoms with Crippen molar-refractivity contribution < 1.29 is 13.5 Å². The summed E-state index contributed by atoms with van der Waals surface area (Å²) in [6.45, 7) is 2.62. The zero-order chi connectivity index (χ0) is 15.2. The quantitative estimate of drug-likeness (QED) is 0.887. The van der Waals surface area contributed by atoms with Crippen molar-refractivity contribution in [3.8, 4) is 6.01 Å². The van der Waals surface area contributed by atoms with Gasteiger partial charge in [-0.3, -0.25) is 0 Å². The highest BCUT2D eigenvalue weighted by Crippen LogP contribution is 2.14. The van der Waals surface area contributed by atoms with Gasteiger partial charge >= 0.3 is 6.01 Å². The second-order valence-corrected chi connectivity index (χ2v) is 4.50. The Bertz CT molecular complexity index is 627. The summed E-state index contributed by atoms with van der Waals surface area (Å²) in [5, 5.41) is 2.84. The summed E-state index contributed by atoms with van der Waals surface area (Å²) in [4.78, 5) is 11.7. The topological polar surface area (TPSA) is 59.9 Å². The molecule has 0 unspecified atom stereocenters. The first-order valence-electron chi connectivity index (χ1n) is 6.30. The SMILES string of the molecule is CCCOc1nc(Cl)nc(NCc2ccc(F)c(F)c2)n1. The third-order valence-corrected chi connectivity index (χ3v) is 2.63. The molecule has 0 amide bonds. The van der Waals surface area contributed by atoms with E-state index in [1.807, 2.05) is 6.92 Å². The molecule has 1 heterocycles. The summed E-state index contributed by atoms with van der Waals surface area (Å²) in [6.07, 6.45) is 0.806. The van der Waals surface area contributed by atoms with Crippen molar-refractivity contribution in [1.29, 1.82) is 0 Å². The molecule has 0 aliphatic heterocycles. The number of hydrogen-bond acceptors (Lipinski definition) is 5. The Morgan fingerprint density at radius 3 is 2.71 bits per heavy atom. The first kappa shape index (κ1) is 15.4. The number of nitrogens with zero attached hydrogens (tertiary/aromatic N) is 3. The maximum atomic E-state index is 13.1. The van der Waals surface area contributed by atoms with E-state index in [4.69, 9.17) is 16.3 Å². The average Bonchev–Trinajstić information content (AvgIpc) is 2.46. The van der Waals surface area contributed by atoms with Gasteiger partial charge in [-0.25, -0.2) is 8.78 Å². The number of aromatic nitrogens is 3. The molecule has 1 aromatic carbocycles. The Morgan fingerprint density at radius 2 is 2.00 bits per heavy atom. The fraction of sp³-hybridized carbons (Fsp3) is 0.308. The molecular weight excluding hydrogens is 302 g/mol. The maximum Gasteiger partial charge on any atom is 0.322 e. The number of hydrogen-bond donors (Lipinski definition) is 1. The Labute approximate surface area is 125 Å². The van der Waals surface area contributed by atoms with Gasteiger partial charge in [0.2, 0.25) is 11.2 Å². The highest BCUT2D eigenvalue weighted by atomic mass is 35.5. The number of benzene rings is 1. The fourth-order valence-corrected chi connectivity index (χ4v) is 1.65. The van der Waals surface area contributed by atoms with E-state index in [9.17, 15) is 8.78 Å². The standard InChI is InChI=1S/C13H13ClF2N4O/c1-2-5-21-13-19-11(14)18-12(20-13)17-7-8-3-4-9(15)10(16)6-8/h3-4,6H,2,5,7H2,1H3,(H,17,18,19,20). The van der Waals surface area contributed by atoms with Crippen LogP contribution in [0.4, 0.5) is 14.7 Å². The monoisotopic (exact) mass is 314 g/mol. The first-order chi connectivity index (χ1) is 10.1. The van der Waals surface area contributed by atoms with E-state index in [1.54, 1.807) is 0 Å². The lowest BCUT2D eigenvalue weighted by atomic mass is 10.2. The Morgan fingerprint density at radius 1 is 1.19 bits per heavy atom. The predicted molar refractivity (Wildman–Crippen MR) is 74.3 cm³/mol. The van der Waals surface area contributed by atoms with Crippen LogP contribution in [0.3, 0.4) is 0 Å². The Kier molecular flexibility index (Phi) is 5.21. The first-order valence-corrected chi connectivity index (χ1v) is 6.68. The number of halogens is 3. The van der Waals surface area contributed by atoms with Crippen LogP contribution < -0.4 is 10.1 Å². The van der Waals surface area contributed by atoms with Crippen LogP contribution in [0.5, 0.6) is 6.01 Å². The molecule has 0 aliphatic carbocycles. The summed E-state index contributed by atoms with van der Waals surface area (Å²) in [5.41, 5.74) is 0.543. The highest BCUT2D eigenvalue weighted by molar-refractivity contribution is 6.28. The third-order valence-electron chi connectivity index (χ3n) is 2.46. The second kappa shape index (κ2) is 7.12. The van der Waals surface area contributed by atoms with Crippen LogP contribution in [0.1, 0.15) is 18.9 Å². The molecular formula is C13H13ClF2N4O. The van der Waals surface area contributed by atoms with Gasteiger partial charge in [-0.05, 0) is 35.7 Å². The summed E-state index contributed by atoms with van der Waals surface area (Å²) >= 11 is 5.76. The van der Waals surface area contributed by atoms with Crippen molar-refractivity contribution in [3.05, 3.63) is 40.7 Å². The van der Waals surface area contributed by atoms with Gasteiger partial charge < -0.3 is 10.1 Å². The number of rotatable bonds is 6. The maximum absolute atomic E-state index is 13.1. The predicted octanol–water partition coefficient (Wildman–Crippen LogP) is 3.20. The van der Waals surface area contributed by atoms with Crippen molar-refractivity contribution in [2.75, 3.05) is 11.9 Å². The molecule has 2 aromatic rings. The van der Waals surface area contributed by atoms with Gasteiger partial charge in [-0.2, -0.15) is 15.0 Å². The molecule has 0 spiro atoms. The lowest BCUT2D eigenvalue weighted by molar-refractivity contribution is 0.291. The average molecular weight is 315 g/mol. The lowest BCUT2D eigenvalue weighted by Crippen LogP contribution is -2.08. The number of nitrogens with one attached hydrogen (secondary N) is 1. The molecule has 112 valence electrons. The molecule has 0 atom stereocenters. The van der Waals surface area contributed by atoms with E-state index in [-0.39, 0.29) is 23.8 Å². The van der Waals surface area contributed by atoms with Crippen molar-refractivity contribution >= 4 is 17.5 Å². The van der Waals surface area contributed by atoms with Crippen molar-refractivity contribution in [3.63, 3.8) is 0 Å². The van der Waals surface area contributed by atoms with Crippen LogP contribution in [0.15, 0.2) is 18.2 Å². The molecule has 0 radical (unpaired) electrons. The van der Waals surface area contributed by atoms with Crippen LogP contribution in [0.2, 0.25) is 5.28 Å². The lowest BCUT2D eigenvalue weighted by Gasteiger charge is -2.07. The molecule has 1 N–H and O–H groups in total. The summed E-state index contributed by atoms with van der Waals surface area (Å²) in [5.74, 6) is -1.60. The van der Waals surface area contributed by atoms with Crippen LogP contribution >= 0.6 is 11.6 Å². The van der Waals surface area contributed by atoms with Crippen molar-refractivity contribution in [2.24, 2.45) is 0 Å². The van der Waals surface area contributed by atoms with Gasteiger partial charge in [-0.15, -0.1) is 0 Å². The molecule has 2 rings (SSSR count). The smallest absolute Gasteiger partial charge is 0.322 e. The molecule has 21 heavy (non-hydrogen) atoms. The molecule has 0 aliphatic rings. The van der Waals surface area contributed by atoms with Gasteiger partial charge in [0.25, 0.3) is 0 Å². The normalized spacial score (nSPS) is 10.5. The van der Waals surface area contributed by atoms with Crippen LogP contribution in [-0.2, 0) is 6.54 Å². The van der Waals surface area contributed by atoms with Crippen LogP contribution in [0.25, 0.3) is 0 Å². The van der Waals surface area contributed by atoms with E-state index >= 15 is 0 Å².